The Morgan fingerprint density at radius 3 is 2.79 bits per heavy atom. The van der Waals surface area contributed by atoms with Crippen molar-refractivity contribution >= 4 is 17.3 Å². The summed E-state index contributed by atoms with van der Waals surface area (Å²) in [5.74, 6) is 0.665. The van der Waals surface area contributed by atoms with Gasteiger partial charge in [0.15, 0.2) is 0 Å². The third kappa shape index (κ3) is 4.33. The second-order valence-corrected chi connectivity index (χ2v) is 6.71. The normalized spacial score (nSPS) is 10.5. The molecule has 0 aliphatic heterocycles. The minimum Gasteiger partial charge on any atom is -0.492 e. The molecule has 2 aromatic rings. The molecule has 0 fully saturated rings. The van der Waals surface area contributed by atoms with Crippen LogP contribution in [0.3, 0.4) is 0 Å². The molecule has 0 N–H and O–H groups in total. The average molecular weight is 344 g/mol. The summed E-state index contributed by atoms with van der Waals surface area (Å²) in [6.45, 7) is 8.20. The molecule has 0 saturated carbocycles. The molecule has 1 heterocycles. The lowest BCUT2D eigenvalue weighted by Gasteiger charge is -2.10. The quantitative estimate of drug-likeness (QED) is 0.729. The van der Waals surface area contributed by atoms with Crippen LogP contribution in [0.15, 0.2) is 18.2 Å². The highest BCUT2D eigenvalue weighted by Gasteiger charge is 2.15. The number of carbonyl (C=O) groups is 1. The molecule has 0 bridgehead atoms. The molecule has 0 aliphatic rings. The van der Waals surface area contributed by atoms with Crippen LogP contribution >= 0.6 is 11.3 Å². The highest BCUT2D eigenvalue weighted by molar-refractivity contribution is 7.17. The fraction of sp³-hybridized carbons (Fsp3) is 0.389. The van der Waals surface area contributed by atoms with Crippen molar-refractivity contribution in [2.75, 3.05) is 6.61 Å². The van der Waals surface area contributed by atoms with Crippen LogP contribution in [-0.4, -0.2) is 17.6 Å². The van der Waals surface area contributed by atoms with Crippen molar-refractivity contribution in [3.8, 4) is 27.5 Å². The second-order valence-electron chi connectivity index (χ2n) is 5.75. The Labute approximate surface area is 145 Å². The Balaban J connectivity index is 2.28. The number of thiazole rings is 1. The van der Waals surface area contributed by atoms with Gasteiger partial charge in [0, 0.05) is 12.0 Å². The number of benzene rings is 1. The van der Waals surface area contributed by atoms with Crippen LogP contribution in [0.1, 0.15) is 38.4 Å². The summed E-state index contributed by atoms with van der Waals surface area (Å²) in [6, 6.07) is 7.55. The van der Waals surface area contributed by atoms with Crippen molar-refractivity contribution in [2.24, 2.45) is 5.92 Å². The van der Waals surface area contributed by atoms with Crippen molar-refractivity contribution in [3.63, 3.8) is 0 Å². The van der Waals surface area contributed by atoms with Gasteiger partial charge in [0.25, 0.3) is 0 Å². The van der Waals surface area contributed by atoms with Gasteiger partial charge in [-0.3, -0.25) is 4.79 Å². The minimum atomic E-state index is -0.288. The molecule has 5 nitrogen and oxygen atoms in total. The molecule has 1 aromatic carbocycles. The maximum Gasteiger partial charge on any atom is 0.311 e. The second kappa shape index (κ2) is 7.93. The lowest BCUT2D eigenvalue weighted by molar-refractivity contribution is -0.133. The van der Waals surface area contributed by atoms with Gasteiger partial charge >= 0.3 is 5.97 Å². The number of aromatic nitrogens is 1. The minimum absolute atomic E-state index is 0.288. The van der Waals surface area contributed by atoms with E-state index in [4.69, 9.17) is 9.47 Å². The molecule has 0 atom stereocenters. The fourth-order valence-electron chi connectivity index (χ4n) is 1.91. The van der Waals surface area contributed by atoms with Gasteiger partial charge in [0.05, 0.1) is 17.9 Å². The summed E-state index contributed by atoms with van der Waals surface area (Å²) < 4.78 is 10.9. The predicted octanol–water partition coefficient (Wildman–Crippen LogP) is 4.34. The largest absolute Gasteiger partial charge is 0.492 e. The molecule has 2 rings (SSSR count). The van der Waals surface area contributed by atoms with E-state index in [0.717, 1.165) is 5.56 Å². The van der Waals surface area contributed by atoms with Crippen molar-refractivity contribution in [2.45, 2.75) is 34.1 Å². The molecule has 0 unspecified atom stereocenters. The number of aryl methyl sites for hydroxylation is 1. The van der Waals surface area contributed by atoms with E-state index in [2.05, 4.69) is 24.9 Å². The SMILES string of the molecule is CCC(=O)Oc1sc(-c2ccc(OCC(C)C)c(C#N)c2)nc1C. The molecule has 0 saturated heterocycles. The summed E-state index contributed by atoms with van der Waals surface area (Å²) in [5.41, 5.74) is 1.93. The molecule has 126 valence electrons. The highest BCUT2D eigenvalue weighted by atomic mass is 32.1. The number of rotatable bonds is 6. The van der Waals surface area contributed by atoms with Gasteiger partial charge < -0.3 is 9.47 Å². The van der Waals surface area contributed by atoms with E-state index >= 15 is 0 Å². The topological polar surface area (TPSA) is 72.2 Å². The van der Waals surface area contributed by atoms with Crippen LogP contribution in [0, 0.1) is 24.2 Å². The van der Waals surface area contributed by atoms with E-state index < -0.39 is 0 Å². The van der Waals surface area contributed by atoms with Gasteiger partial charge in [0.2, 0.25) is 5.06 Å². The number of nitriles is 1. The third-order valence-electron chi connectivity index (χ3n) is 3.17. The standard InChI is InChI=1S/C18H20N2O3S/c1-5-16(21)23-18-12(4)20-17(24-18)13-6-7-15(14(8-13)9-19)22-10-11(2)3/h6-8,11H,5,10H2,1-4H3. The average Bonchev–Trinajstić information content (AvgIpc) is 2.93. The number of esters is 1. The van der Waals surface area contributed by atoms with Crippen molar-refractivity contribution < 1.29 is 14.3 Å². The van der Waals surface area contributed by atoms with Crippen molar-refractivity contribution in [3.05, 3.63) is 29.5 Å². The van der Waals surface area contributed by atoms with Gasteiger partial charge in [-0.05, 0) is 31.0 Å². The zero-order valence-electron chi connectivity index (χ0n) is 14.3. The Kier molecular flexibility index (Phi) is 5.93. The summed E-state index contributed by atoms with van der Waals surface area (Å²) >= 11 is 1.30. The highest BCUT2D eigenvalue weighted by Crippen LogP contribution is 2.35. The van der Waals surface area contributed by atoms with E-state index in [9.17, 15) is 10.1 Å². The molecular formula is C18H20N2O3S. The molecule has 6 heteroatoms. The van der Waals surface area contributed by atoms with Crippen molar-refractivity contribution in [1.82, 2.24) is 4.98 Å². The zero-order valence-corrected chi connectivity index (χ0v) is 15.1. The zero-order chi connectivity index (χ0) is 17.7. The Bertz CT molecular complexity index is 775. The first kappa shape index (κ1) is 18.0. The summed E-state index contributed by atoms with van der Waals surface area (Å²) in [6.07, 6.45) is 0.313. The number of hydrogen-bond acceptors (Lipinski definition) is 6. The van der Waals surface area contributed by atoms with Gasteiger partial charge in [0.1, 0.15) is 16.8 Å². The molecule has 0 amide bonds. The monoisotopic (exact) mass is 344 g/mol. The summed E-state index contributed by atoms with van der Waals surface area (Å²) in [4.78, 5) is 15.9. The van der Waals surface area contributed by atoms with E-state index in [-0.39, 0.29) is 5.97 Å². The summed E-state index contributed by atoms with van der Waals surface area (Å²) in [5, 5.41) is 10.6. The molecule has 1 aromatic heterocycles. The lowest BCUT2D eigenvalue weighted by Crippen LogP contribution is -2.05. The van der Waals surface area contributed by atoms with E-state index in [1.807, 2.05) is 6.07 Å². The van der Waals surface area contributed by atoms with Crippen LogP contribution < -0.4 is 9.47 Å². The maximum absolute atomic E-state index is 11.4. The maximum atomic E-state index is 11.4. The van der Waals surface area contributed by atoms with Crippen LogP contribution in [0.2, 0.25) is 0 Å². The van der Waals surface area contributed by atoms with Crippen molar-refractivity contribution in [1.29, 1.82) is 5.26 Å². The molecule has 0 spiro atoms. The van der Waals surface area contributed by atoms with Crippen LogP contribution in [0.25, 0.3) is 10.6 Å². The van der Waals surface area contributed by atoms with Crippen LogP contribution in [-0.2, 0) is 4.79 Å². The Hall–Kier alpha value is -2.39. The smallest absolute Gasteiger partial charge is 0.311 e. The fourth-order valence-corrected chi connectivity index (χ4v) is 2.84. The van der Waals surface area contributed by atoms with E-state index in [1.54, 1.807) is 26.0 Å². The molecule has 24 heavy (non-hydrogen) atoms. The van der Waals surface area contributed by atoms with Crippen LogP contribution in [0.5, 0.6) is 10.8 Å². The van der Waals surface area contributed by atoms with Crippen LogP contribution in [0.4, 0.5) is 0 Å². The van der Waals surface area contributed by atoms with Gasteiger partial charge in [-0.2, -0.15) is 5.26 Å². The van der Waals surface area contributed by atoms with Gasteiger partial charge in [-0.1, -0.05) is 32.1 Å². The Morgan fingerprint density at radius 2 is 2.17 bits per heavy atom. The molecule has 0 aliphatic carbocycles. The predicted molar refractivity (Wildman–Crippen MR) is 93.3 cm³/mol. The first-order valence-electron chi connectivity index (χ1n) is 7.80. The number of nitrogens with zero attached hydrogens (tertiary/aromatic N) is 2. The number of hydrogen-bond donors (Lipinski definition) is 0. The van der Waals surface area contributed by atoms with Gasteiger partial charge in [-0.25, -0.2) is 4.98 Å². The number of ether oxygens (including phenoxy) is 2. The Morgan fingerprint density at radius 1 is 1.42 bits per heavy atom. The molecular weight excluding hydrogens is 324 g/mol. The lowest BCUT2D eigenvalue weighted by atomic mass is 10.1. The third-order valence-corrected chi connectivity index (χ3v) is 4.25. The molecule has 0 radical (unpaired) electrons. The first-order chi connectivity index (χ1) is 11.4. The summed E-state index contributed by atoms with van der Waals surface area (Å²) in [7, 11) is 0. The number of carbonyl (C=O) groups excluding carboxylic acids is 1. The van der Waals surface area contributed by atoms with E-state index in [0.29, 0.717) is 46.0 Å². The van der Waals surface area contributed by atoms with Gasteiger partial charge in [-0.15, -0.1) is 0 Å². The first-order valence-corrected chi connectivity index (χ1v) is 8.61. The van der Waals surface area contributed by atoms with E-state index in [1.165, 1.54) is 11.3 Å².